The van der Waals surface area contributed by atoms with Gasteiger partial charge in [-0.2, -0.15) is 0 Å². The minimum Gasteiger partial charge on any atom is -0.324 e. The zero-order chi connectivity index (χ0) is 8.74. The number of rotatable bonds is 3. The molecule has 0 aromatic rings. The molecule has 0 aliphatic carbocycles. The van der Waals surface area contributed by atoms with E-state index in [1.165, 1.54) is 0 Å². The van der Waals surface area contributed by atoms with Gasteiger partial charge in [0.25, 0.3) is 0 Å². The van der Waals surface area contributed by atoms with Crippen molar-refractivity contribution in [3.63, 3.8) is 0 Å². The van der Waals surface area contributed by atoms with E-state index in [2.05, 4.69) is 11.8 Å². The highest BCUT2D eigenvalue weighted by Gasteiger charge is 2.09. The minimum absolute atomic E-state index is 0.121. The standard InChI is InChI=1S/C7H13O3P/c1-2-3-4-5-6-7-11(8,9)10/h2-3,6-7H2,1H3,(H2,8,9,10). The van der Waals surface area contributed by atoms with Crippen molar-refractivity contribution in [3.8, 4) is 11.8 Å². The molecule has 0 aliphatic rings. The fraction of sp³-hybridized carbons (Fsp3) is 0.714. The van der Waals surface area contributed by atoms with Crippen molar-refractivity contribution in [2.24, 2.45) is 0 Å². The van der Waals surface area contributed by atoms with Crippen molar-refractivity contribution in [3.05, 3.63) is 0 Å². The van der Waals surface area contributed by atoms with Gasteiger partial charge < -0.3 is 9.79 Å². The maximum Gasteiger partial charge on any atom is 0.326 e. The van der Waals surface area contributed by atoms with Crippen LogP contribution in [0.4, 0.5) is 0 Å². The predicted octanol–water partition coefficient (Wildman–Crippen LogP) is 1.36. The van der Waals surface area contributed by atoms with E-state index in [0.717, 1.165) is 12.8 Å². The van der Waals surface area contributed by atoms with Gasteiger partial charge in [0.1, 0.15) is 0 Å². The Morgan fingerprint density at radius 1 is 1.27 bits per heavy atom. The van der Waals surface area contributed by atoms with Crippen molar-refractivity contribution in [2.75, 3.05) is 6.16 Å². The monoisotopic (exact) mass is 176 g/mol. The summed E-state index contributed by atoms with van der Waals surface area (Å²) in [5.41, 5.74) is 0. The molecule has 0 heterocycles. The Morgan fingerprint density at radius 2 is 1.82 bits per heavy atom. The van der Waals surface area contributed by atoms with Gasteiger partial charge in [-0.25, -0.2) is 0 Å². The average Bonchev–Trinajstić information content (AvgIpc) is 1.85. The lowest BCUT2D eigenvalue weighted by Crippen LogP contribution is -1.84. The molecule has 0 aromatic carbocycles. The molecule has 0 radical (unpaired) electrons. The van der Waals surface area contributed by atoms with Crippen molar-refractivity contribution < 1.29 is 14.4 Å². The summed E-state index contributed by atoms with van der Waals surface area (Å²) in [5, 5.41) is 0. The summed E-state index contributed by atoms with van der Waals surface area (Å²) < 4.78 is 10.3. The van der Waals surface area contributed by atoms with Gasteiger partial charge in [0.05, 0.1) is 6.16 Å². The second-order valence-corrected chi connectivity index (χ2v) is 4.02. The zero-order valence-corrected chi connectivity index (χ0v) is 7.47. The largest absolute Gasteiger partial charge is 0.326 e. The van der Waals surface area contributed by atoms with Crippen LogP contribution in [0, 0.1) is 11.8 Å². The van der Waals surface area contributed by atoms with E-state index in [-0.39, 0.29) is 6.16 Å². The van der Waals surface area contributed by atoms with Gasteiger partial charge in [0.15, 0.2) is 0 Å². The molecule has 0 aromatic heterocycles. The Kier molecular flexibility index (Phi) is 5.23. The number of hydrogen-bond acceptors (Lipinski definition) is 1. The van der Waals surface area contributed by atoms with E-state index >= 15 is 0 Å². The van der Waals surface area contributed by atoms with E-state index < -0.39 is 7.60 Å². The fourth-order valence-corrected chi connectivity index (χ4v) is 0.906. The highest BCUT2D eigenvalue weighted by Crippen LogP contribution is 2.34. The molecule has 4 heteroatoms. The van der Waals surface area contributed by atoms with Gasteiger partial charge in [0.2, 0.25) is 0 Å². The maximum absolute atomic E-state index is 10.3. The predicted molar refractivity (Wildman–Crippen MR) is 44.2 cm³/mol. The second kappa shape index (κ2) is 5.37. The molecule has 0 unspecified atom stereocenters. The third-order valence-corrected chi connectivity index (χ3v) is 1.83. The van der Waals surface area contributed by atoms with E-state index in [1.54, 1.807) is 0 Å². The van der Waals surface area contributed by atoms with Gasteiger partial charge in [-0.15, -0.1) is 11.8 Å². The number of unbranched alkanes of at least 4 members (excludes halogenated alkanes) is 1. The van der Waals surface area contributed by atoms with Crippen LogP contribution in [0.1, 0.15) is 26.2 Å². The highest BCUT2D eigenvalue weighted by molar-refractivity contribution is 7.51. The molecule has 0 bridgehead atoms. The van der Waals surface area contributed by atoms with Gasteiger partial charge in [0, 0.05) is 12.8 Å². The summed E-state index contributed by atoms with van der Waals surface area (Å²) >= 11 is 0. The van der Waals surface area contributed by atoms with Crippen LogP contribution in [0.5, 0.6) is 0 Å². The lowest BCUT2D eigenvalue weighted by Gasteiger charge is -1.96. The molecule has 0 saturated carbocycles. The van der Waals surface area contributed by atoms with Crippen molar-refractivity contribution in [1.29, 1.82) is 0 Å². The quantitative estimate of drug-likeness (QED) is 0.504. The van der Waals surface area contributed by atoms with Crippen LogP contribution < -0.4 is 0 Å². The molecule has 0 rings (SSSR count). The third-order valence-electron chi connectivity index (χ3n) is 1.03. The van der Waals surface area contributed by atoms with Crippen LogP contribution in [0.15, 0.2) is 0 Å². The minimum atomic E-state index is -3.82. The molecular weight excluding hydrogens is 163 g/mol. The van der Waals surface area contributed by atoms with Crippen molar-refractivity contribution >= 4 is 7.60 Å². The lowest BCUT2D eigenvalue weighted by molar-refractivity contribution is 0.373. The molecule has 64 valence electrons. The summed E-state index contributed by atoms with van der Waals surface area (Å²) in [7, 11) is -3.82. The highest BCUT2D eigenvalue weighted by atomic mass is 31.2. The molecule has 0 spiro atoms. The fourth-order valence-electron chi connectivity index (χ4n) is 0.503. The smallest absolute Gasteiger partial charge is 0.324 e. The molecule has 0 atom stereocenters. The van der Waals surface area contributed by atoms with Crippen LogP contribution in [-0.2, 0) is 4.57 Å². The molecule has 0 fully saturated rings. The molecule has 2 N–H and O–H groups in total. The van der Waals surface area contributed by atoms with Crippen LogP contribution in [-0.4, -0.2) is 15.9 Å². The topological polar surface area (TPSA) is 57.5 Å². The van der Waals surface area contributed by atoms with Crippen LogP contribution in [0.2, 0.25) is 0 Å². The molecule has 0 aliphatic heterocycles. The molecule has 3 nitrogen and oxygen atoms in total. The maximum atomic E-state index is 10.3. The average molecular weight is 176 g/mol. The van der Waals surface area contributed by atoms with Gasteiger partial charge in [-0.05, 0) is 6.42 Å². The van der Waals surface area contributed by atoms with Gasteiger partial charge >= 0.3 is 7.60 Å². The molecule has 11 heavy (non-hydrogen) atoms. The lowest BCUT2D eigenvalue weighted by atomic mass is 10.3. The first-order valence-corrected chi connectivity index (χ1v) is 5.36. The van der Waals surface area contributed by atoms with E-state index in [1.807, 2.05) is 6.92 Å². The van der Waals surface area contributed by atoms with Crippen molar-refractivity contribution in [1.82, 2.24) is 0 Å². The van der Waals surface area contributed by atoms with Crippen LogP contribution in [0.3, 0.4) is 0 Å². The van der Waals surface area contributed by atoms with Crippen LogP contribution >= 0.6 is 7.60 Å². The Morgan fingerprint density at radius 3 is 2.27 bits per heavy atom. The van der Waals surface area contributed by atoms with Gasteiger partial charge in [-0.1, -0.05) is 6.92 Å². The Labute approximate surface area is 67.0 Å². The molecular formula is C7H13O3P. The van der Waals surface area contributed by atoms with E-state index in [0.29, 0.717) is 6.42 Å². The first-order valence-electron chi connectivity index (χ1n) is 3.56. The van der Waals surface area contributed by atoms with Crippen LogP contribution in [0.25, 0.3) is 0 Å². The molecule has 0 amide bonds. The Balaban J connectivity index is 3.44. The summed E-state index contributed by atoms with van der Waals surface area (Å²) in [5.74, 6) is 5.51. The molecule has 0 saturated heterocycles. The first kappa shape index (κ1) is 10.7. The Bertz CT molecular complexity index is 195. The van der Waals surface area contributed by atoms with E-state index in [9.17, 15) is 4.57 Å². The normalized spacial score (nSPS) is 10.5. The van der Waals surface area contributed by atoms with Gasteiger partial charge in [-0.3, -0.25) is 4.57 Å². The second-order valence-electron chi connectivity index (χ2n) is 2.24. The van der Waals surface area contributed by atoms with Crippen molar-refractivity contribution in [2.45, 2.75) is 26.2 Å². The Hall–Kier alpha value is -0.290. The summed E-state index contributed by atoms with van der Waals surface area (Å²) in [6.07, 6.45) is 1.97. The third kappa shape index (κ3) is 9.71. The zero-order valence-electron chi connectivity index (χ0n) is 6.58. The summed E-state index contributed by atoms with van der Waals surface area (Å²) in [6.45, 7) is 2.01. The summed E-state index contributed by atoms with van der Waals surface area (Å²) in [4.78, 5) is 16.8. The SMILES string of the molecule is CCCC#CCCP(=O)(O)O. The first-order chi connectivity index (χ1) is 5.06. The van der Waals surface area contributed by atoms with E-state index in [4.69, 9.17) is 9.79 Å². The summed E-state index contributed by atoms with van der Waals surface area (Å²) in [6, 6.07) is 0. The number of hydrogen-bond donors (Lipinski definition) is 2.